The van der Waals surface area contributed by atoms with E-state index in [0.717, 1.165) is 43.6 Å². The lowest BCUT2D eigenvalue weighted by molar-refractivity contribution is -0.122. The zero-order valence-corrected chi connectivity index (χ0v) is 18.8. The van der Waals surface area contributed by atoms with Crippen molar-refractivity contribution >= 4 is 11.4 Å². The van der Waals surface area contributed by atoms with Crippen LogP contribution in [0.5, 0.6) is 0 Å². The van der Waals surface area contributed by atoms with Crippen LogP contribution in [0.4, 0.5) is 0 Å². The van der Waals surface area contributed by atoms with Gasteiger partial charge in [0, 0.05) is 36.4 Å². The van der Waals surface area contributed by atoms with Crippen LogP contribution in [0.15, 0.2) is 36.0 Å². The quantitative estimate of drug-likeness (QED) is 0.612. The maximum atomic E-state index is 12.3. The molecule has 0 radical (unpaired) electrons. The van der Waals surface area contributed by atoms with Gasteiger partial charge < -0.3 is 4.74 Å². The fraction of sp³-hybridized carbons (Fsp3) is 0.654. The van der Waals surface area contributed by atoms with Gasteiger partial charge in [-0.1, -0.05) is 32.4 Å². The summed E-state index contributed by atoms with van der Waals surface area (Å²) in [7, 11) is 1.82. The maximum absolute atomic E-state index is 12.3. The van der Waals surface area contributed by atoms with Gasteiger partial charge in [0.05, 0.1) is 12.8 Å². The Morgan fingerprint density at radius 2 is 2.03 bits per heavy atom. The molecule has 0 bridgehead atoms. The number of Topliss-reactive ketones (excluding diaryl/α,β-unsaturated/α-hetero) is 1. The van der Waals surface area contributed by atoms with Crippen LogP contribution in [0, 0.1) is 34.5 Å². The fourth-order valence-electron chi connectivity index (χ4n) is 7.72. The topological polar surface area (TPSA) is 52.1 Å². The number of allylic oxidation sites excluding steroid dienone is 4. The summed E-state index contributed by atoms with van der Waals surface area (Å²) in [5, 5.41) is 0. The Morgan fingerprint density at radius 1 is 1.20 bits per heavy atom. The molecule has 4 aliphatic carbocycles. The van der Waals surface area contributed by atoms with Crippen LogP contribution in [0.2, 0.25) is 0 Å². The number of nitrogens with zero attached hydrogens (tertiary/aromatic N) is 2. The van der Waals surface area contributed by atoms with Gasteiger partial charge >= 0.3 is 0 Å². The summed E-state index contributed by atoms with van der Waals surface area (Å²) in [6.07, 6.45) is 13.0. The van der Waals surface area contributed by atoms with Crippen LogP contribution in [-0.2, 0) is 9.53 Å². The lowest BCUT2D eigenvalue weighted by atomic mass is 9.45. The third-order valence-corrected chi connectivity index (χ3v) is 9.31. The molecule has 1 aromatic rings. The first-order chi connectivity index (χ1) is 14.4. The molecule has 2 fully saturated rings. The molecule has 4 heteroatoms. The van der Waals surface area contributed by atoms with E-state index in [0.29, 0.717) is 35.9 Å². The van der Waals surface area contributed by atoms with Crippen molar-refractivity contribution in [2.75, 3.05) is 7.11 Å². The molecule has 0 aliphatic heterocycles. The summed E-state index contributed by atoms with van der Waals surface area (Å²) >= 11 is 0. The lowest BCUT2D eigenvalue weighted by Gasteiger charge is -2.59. The molecule has 0 aromatic carbocycles. The average molecular weight is 407 g/mol. The van der Waals surface area contributed by atoms with Crippen LogP contribution in [0.25, 0.3) is 5.57 Å². The number of fused-ring (bicyclic) bond motifs is 5. The number of carbonyl (C=O) groups excluding carboxylic acids is 1. The van der Waals surface area contributed by atoms with Crippen LogP contribution in [0.3, 0.4) is 0 Å². The largest absolute Gasteiger partial charge is 0.501 e. The Morgan fingerprint density at radius 3 is 2.73 bits per heavy atom. The van der Waals surface area contributed by atoms with Crippen LogP contribution in [0.1, 0.15) is 71.4 Å². The van der Waals surface area contributed by atoms with E-state index in [1.165, 1.54) is 17.6 Å². The van der Waals surface area contributed by atoms with Crippen molar-refractivity contribution in [1.29, 1.82) is 0 Å². The zero-order chi connectivity index (χ0) is 21.1. The third kappa shape index (κ3) is 2.68. The summed E-state index contributed by atoms with van der Waals surface area (Å²) < 4.78 is 5.99. The van der Waals surface area contributed by atoms with Gasteiger partial charge in [-0.15, -0.1) is 0 Å². The summed E-state index contributed by atoms with van der Waals surface area (Å²) in [5.41, 5.74) is 4.06. The molecule has 5 rings (SSSR count). The van der Waals surface area contributed by atoms with Gasteiger partial charge in [0.25, 0.3) is 0 Å². The van der Waals surface area contributed by atoms with Crippen molar-refractivity contribution in [2.45, 2.75) is 65.7 Å². The van der Waals surface area contributed by atoms with E-state index in [2.05, 4.69) is 36.8 Å². The smallest absolute Gasteiger partial charge is 0.136 e. The molecular formula is C26H34N2O2. The minimum absolute atomic E-state index is 0.0838. The molecule has 1 unspecified atom stereocenters. The minimum atomic E-state index is 0.0838. The van der Waals surface area contributed by atoms with E-state index in [9.17, 15) is 4.79 Å². The first-order valence-electron chi connectivity index (χ1n) is 11.7. The number of hydrogen-bond acceptors (Lipinski definition) is 4. The van der Waals surface area contributed by atoms with E-state index < -0.39 is 0 Å². The maximum Gasteiger partial charge on any atom is 0.136 e. The number of methoxy groups -OCH3 is 1. The van der Waals surface area contributed by atoms with Gasteiger partial charge in [0.2, 0.25) is 0 Å². The second kappa shape index (κ2) is 7.03. The van der Waals surface area contributed by atoms with E-state index >= 15 is 0 Å². The first kappa shape index (κ1) is 20.0. The molecule has 0 spiro atoms. The molecule has 0 saturated heterocycles. The van der Waals surface area contributed by atoms with Crippen molar-refractivity contribution < 1.29 is 9.53 Å². The molecule has 160 valence electrons. The fourth-order valence-corrected chi connectivity index (χ4v) is 7.72. The monoisotopic (exact) mass is 406 g/mol. The predicted octanol–water partition coefficient (Wildman–Crippen LogP) is 5.61. The van der Waals surface area contributed by atoms with Crippen molar-refractivity contribution in [3.8, 4) is 0 Å². The highest BCUT2D eigenvalue weighted by Crippen LogP contribution is 2.68. The highest BCUT2D eigenvalue weighted by atomic mass is 16.5. The summed E-state index contributed by atoms with van der Waals surface area (Å²) in [6, 6.07) is 2.04. The van der Waals surface area contributed by atoms with E-state index in [-0.39, 0.29) is 10.8 Å². The molecule has 1 aromatic heterocycles. The van der Waals surface area contributed by atoms with Gasteiger partial charge in [-0.3, -0.25) is 4.79 Å². The molecule has 6 atom stereocenters. The Balaban J connectivity index is 1.59. The van der Waals surface area contributed by atoms with Crippen molar-refractivity contribution in [3.63, 3.8) is 0 Å². The van der Waals surface area contributed by atoms with Gasteiger partial charge in [0.1, 0.15) is 17.9 Å². The number of rotatable bonds is 3. The predicted molar refractivity (Wildman–Crippen MR) is 117 cm³/mol. The van der Waals surface area contributed by atoms with Gasteiger partial charge in [-0.2, -0.15) is 0 Å². The number of hydrogen-bond donors (Lipinski definition) is 0. The Kier molecular flexibility index (Phi) is 4.68. The Labute approximate surface area is 180 Å². The van der Waals surface area contributed by atoms with Crippen molar-refractivity contribution in [1.82, 2.24) is 9.97 Å². The highest BCUT2D eigenvalue weighted by molar-refractivity contribution is 5.82. The summed E-state index contributed by atoms with van der Waals surface area (Å²) in [4.78, 5) is 21.0. The second-order valence-corrected chi connectivity index (χ2v) is 10.4. The summed E-state index contributed by atoms with van der Waals surface area (Å²) in [5.74, 6) is 3.97. The van der Waals surface area contributed by atoms with Crippen LogP contribution < -0.4 is 0 Å². The van der Waals surface area contributed by atoms with E-state index in [1.54, 1.807) is 6.33 Å². The highest BCUT2D eigenvalue weighted by Gasteiger charge is 2.60. The summed E-state index contributed by atoms with van der Waals surface area (Å²) in [6.45, 7) is 7.24. The molecule has 0 N–H and O–H groups in total. The third-order valence-electron chi connectivity index (χ3n) is 9.31. The van der Waals surface area contributed by atoms with E-state index in [1.807, 2.05) is 19.4 Å². The van der Waals surface area contributed by atoms with Gasteiger partial charge in [0.15, 0.2) is 0 Å². The molecular weight excluding hydrogens is 372 g/mol. The SMILES string of the molecule is CCC1C=C2CC(=O)CC[C@]2(C)[C@@H]2CC[C@]3(C)C(c4ccncn4)=C(OC)C[C@H]3[C@H]12. The molecule has 4 nitrogen and oxygen atoms in total. The average Bonchev–Trinajstić information content (AvgIpc) is 3.06. The second-order valence-electron chi connectivity index (χ2n) is 10.4. The van der Waals surface area contributed by atoms with Gasteiger partial charge in [-0.25, -0.2) is 9.97 Å². The van der Waals surface area contributed by atoms with Gasteiger partial charge in [-0.05, 0) is 60.8 Å². The normalized spacial score (nSPS) is 40.4. The molecule has 2 saturated carbocycles. The number of ether oxygens (including phenoxy) is 1. The zero-order valence-electron chi connectivity index (χ0n) is 18.8. The molecule has 30 heavy (non-hydrogen) atoms. The molecule has 0 amide bonds. The molecule has 1 heterocycles. The van der Waals surface area contributed by atoms with Crippen LogP contribution in [-0.4, -0.2) is 22.9 Å². The van der Waals surface area contributed by atoms with Crippen molar-refractivity contribution in [3.05, 3.63) is 41.7 Å². The van der Waals surface area contributed by atoms with Crippen LogP contribution >= 0.6 is 0 Å². The first-order valence-corrected chi connectivity index (χ1v) is 11.7. The lowest BCUT2D eigenvalue weighted by Crippen LogP contribution is -2.52. The Hall–Kier alpha value is -1.97. The number of ketones is 1. The Bertz CT molecular complexity index is 920. The standard InChI is InChI=1S/C26H34N2O2/c1-5-16-12-17-13-18(29)6-9-25(17,2)19-7-10-26(3)20(23(16)19)14-22(30-4)24(26)21-8-11-27-15-28-21/h8,11-12,15-16,19-20,23H,5-7,9-10,13-14H2,1-4H3/t16?,19-,20+,23-,25+,26+/m1/s1. The number of carbonyl (C=O) groups is 1. The van der Waals surface area contributed by atoms with Crippen molar-refractivity contribution in [2.24, 2.45) is 34.5 Å². The minimum Gasteiger partial charge on any atom is -0.501 e. The van der Waals surface area contributed by atoms with E-state index in [4.69, 9.17) is 4.74 Å². The molecule has 4 aliphatic rings. The number of aromatic nitrogens is 2.